The average molecular weight is 485 g/mol. The Labute approximate surface area is 200 Å². The number of hydrogen-bond donors (Lipinski definition) is 2. The molecule has 0 fully saturated rings. The molecule has 0 aliphatic heterocycles. The van der Waals surface area contributed by atoms with E-state index >= 15 is 0 Å². The molecule has 0 unspecified atom stereocenters. The van der Waals surface area contributed by atoms with Crippen LogP contribution in [0.15, 0.2) is 52.3 Å². The van der Waals surface area contributed by atoms with E-state index in [0.717, 1.165) is 10.6 Å². The van der Waals surface area contributed by atoms with Crippen LogP contribution in [0.3, 0.4) is 0 Å². The van der Waals surface area contributed by atoms with Crippen LogP contribution in [0.2, 0.25) is 0 Å². The lowest BCUT2D eigenvalue weighted by Gasteiger charge is -2.24. The van der Waals surface area contributed by atoms with Gasteiger partial charge in [0.15, 0.2) is 12.3 Å². The van der Waals surface area contributed by atoms with Gasteiger partial charge in [-0.15, -0.1) is 0 Å². The zero-order chi connectivity index (χ0) is 25.5. The number of nitrogens with zero attached hydrogens (tertiary/aromatic N) is 4. The van der Waals surface area contributed by atoms with Gasteiger partial charge in [-0.1, -0.05) is 13.8 Å². The smallest absolute Gasteiger partial charge is 0.338 e. The molecule has 2 aromatic heterocycles. The molecule has 1 amide bonds. The van der Waals surface area contributed by atoms with Crippen molar-refractivity contribution in [1.82, 2.24) is 19.3 Å². The van der Waals surface area contributed by atoms with Crippen LogP contribution in [0, 0.1) is 5.92 Å². The van der Waals surface area contributed by atoms with E-state index < -0.39 is 29.7 Å². The number of carbonyl (C=O) groups is 2. The summed E-state index contributed by atoms with van der Waals surface area (Å²) in [5.74, 6) is -1.52. The second-order valence-electron chi connectivity index (χ2n) is 8.11. The second kappa shape index (κ2) is 11.3. The summed E-state index contributed by atoms with van der Waals surface area (Å²) in [4.78, 5) is 53.6. The molecule has 3 aromatic rings. The standard InChI is InChI=1S/C23H28N6O6/c1-15(2)13-28-20(24)19(21(31)26-23(28)33)27(11-12-34-3)18(30)14-35-22(32)16-5-7-17(8-6-16)29-10-4-9-25-29/h4-10,15H,11-14,24H2,1-3H3,(H,26,31,33). The lowest BCUT2D eigenvalue weighted by Crippen LogP contribution is -2.44. The molecule has 35 heavy (non-hydrogen) atoms. The molecule has 2 heterocycles. The molecule has 1 aromatic carbocycles. The maximum atomic E-state index is 13.0. The Morgan fingerprint density at radius 3 is 2.51 bits per heavy atom. The second-order valence-corrected chi connectivity index (χ2v) is 8.11. The number of carbonyl (C=O) groups excluding carboxylic acids is 2. The number of hydrogen-bond acceptors (Lipinski definition) is 8. The summed E-state index contributed by atoms with van der Waals surface area (Å²) >= 11 is 0. The number of H-pyrrole nitrogens is 1. The first-order chi connectivity index (χ1) is 16.7. The van der Waals surface area contributed by atoms with Crippen LogP contribution < -0.4 is 21.9 Å². The summed E-state index contributed by atoms with van der Waals surface area (Å²) in [5, 5.41) is 4.12. The van der Waals surface area contributed by atoms with Gasteiger partial charge in [0, 0.05) is 32.6 Å². The van der Waals surface area contributed by atoms with Gasteiger partial charge in [-0.05, 0) is 36.2 Å². The minimum absolute atomic E-state index is 0.0430. The van der Waals surface area contributed by atoms with Crippen molar-refractivity contribution >= 4 is 23.4 Å². The van der Waals surface area contributed by atoms with Gasteiger partial charge in [0.05, 0.1) is 17.9 Å². The zero-order valence-electron chi connectivity index (χ0n) is 19.8. The molecular weight excluding hydrogens is 456 g/mol. The van der Waals surface area contributed by atoms with Gasteiger partial charge in [0.1, 0.15) is 5.82 Å². The van der Waals surface area contributed by atoms with E-state index in [0.29, 0.717) is 0 Å². The first-order valence-electron chi connectivity index (χ1n) is 10.9. The summed E-state index contributed by atoms with van der Waals surface area (Å²) in [6.07, 6.45) is 3.40. The molecule has 0 saturated heterocycles. The van der Waals surface area contributed by atoms with Gasteiger partial charge in [0.25, 0.3) is 11.5 Å². The molecule has 0 radical (unpaired) electrons. The van der Waals surface area contributed by atoms with Gasteiger partial charge in [-0.3, -0.25) is 24.0 Å². The van der Waals surface area contributed by atoms with Crippen molar-refractivity contribution < 1.29 is 19.1 Å². The predicted octanol–water partition coefficient (Wildman–Crippen LogP) is 0.797. The number of aromatic nitrogens is 4. The molecule has 0 bridgehead atoms. The van der Waals surface area contributed by atoms with Crippen molar-refractivity contribution in [3.63, 3.8) is 0 Å². The molecule has 12 nitrogen and oxygen atoms in total. The normalized spacial score (nSPS) is 11.0. The Balaban J connectivity index is 1.79. The lowest BCUT2D eigenvalue weighted by atomic mass is 10.2. The highest BCUT2D eigenvalue weighted by Crippen LogP contribution is 2.18. The van der Waals surface area contributed by atoms with Gasteiger partial charge in [-0.25, -0.2) is 14.3 Å². The van der Waals surface area contributed by atoms with Crippen molar-refractivity contribution in [3.05, 3.63) is 69.1 Å². The first-order valence-corrected chi connectivity index (χ1v) is 10.9. The van der Waals surface area contributed by atoms with Crippen LogP contribution in [0.5, 0.6) is 0 Å². The van der Waals surface area contributed by atoms with Gasteiger partial charge in [0.2, 0.25) is 0 Å². The monoisotopic (exact) mass is 484 g/mol. The minimum atomic E-state index is -0.822. The number of ether oxygens (including phenoxy) is 2. The van der Waals surface area contributed by atoms with E-state index in [4.69, 9.17) is 15.2 Å². The highest BCUT2D eigenvalue weighted by atomic mass is 16.5. The number of esters is 1. The van der Waals surface area contributed by atoms with Crippen molar-refractivity contribution in [1.29, 1.82) is 0 Å². The summed E-state index contributed by atoms with van der Waals surface area (Å²) in [6, 6.07) is 8.26. The quantitative estimate of drug-likeness (QED) is 0.401. The van der Waals surface area contributed by atoms with Gasteiger partial charge >= 0.3 is 11.7 Å². The Morgan fingerprint density at radius 1 is 1.20 bits per heavy atom. The Bertz CT molecular complexity index is 1280. The summed E-state index contributed by atoms with van der Waals surface area (Å²) < 4.78 is 13.1. The largest absolute Gasteiger partial charge is 0.452 e. The number of nitrogens with two attached hydrogens (primary N) is 1. The summed E-state index contributed by atoms with van der Waals surface area (Å²) in [5.41, 5.74) is 5.43. The molecule has 0 aliphatic rings. The number of amides is 1. The fourth-order valence-corrected chi connectivity index (χ4v) is 3.39. The molecule has 3 rings (SSSR count). The summed E-state index contributed by atoms with van der Waals surface area (Å²) in [7, 11) is 1.43. The van der Waals surface area contributed by atoms with Crippen molar-refractivity contribution in [3.8, 4) is 5.69 Å². The maximum Gasteiger partial charge on any atom is 0.338 e. The number of nitrogen functional groups attached to an aromatic ring is 1. The third-order valence-electron chi connectivity index (χ3n) is 5.05. The van der Waals surface area contributed by atoms with Crippen molar-refractivity contribution in [2.45, 2.75) is 20.4 Å². The van der Waals surface area contributed by atoms with Crippen LogP contribution in [0.1, 0.15) is 24.2 Å². The molecule has 0 atom stereocenters. The molecule has 0 saturated carbocycles. The number of methoxy groups -OCH3 is 1. The van der Waals surface area contributed by atoms with Crippen molar-refractivity contribution in [2.75, 3.05) is 37.5 Å². The van der Waals surface area contributed by atoms with Crippen LogP contribution in [0.4, 0.5) is 11.5 Å². The lowest BCUT2D eigenvalue weighted by molar-refractivity contribution is -0.121. The number of nitrogens with one attached hydrogen (secondary N) is 1. The predicted molar refractivity (Wildman–Crippen MR) is 129 cm³/mol. The third-order valence-corrected chi connectivity index (χ3v) is 5.05. The van der Waals surface area contributed by atoms with Crippen LogP contribution >= 0.6 is 0 Å². The Kier molecular flexibility index (Phi) is 8.21. The fraction of sp³-hybridized carbons (Fsp3) is 0.348. The third kappa shape index (κ3) is 6.03. The molecule has 0 aliphatic carbocycles. The highest BCUT2D eigenvalue weighted by Gasteiger charge is 2.25. The average Bonchev–Trinajstić information content (AvgIpc) is 3.37. The molecule has 12 heteroatoms. The van der Waals surface area contributed by atoms with Crippen LogP contribution in [-0.4, -0.2) is 58.1 Å². The van der Waals surface area contributed by atoms with E-state index in [1.807, 2.05) is 13.8 Å². The zero-order valence-corrected chi connectivity index (χ0v) is 19.8. The van der Waals surface area contributed by atoms with Gasteiger partial charge in [-0.2, -0.15) is 5.10 Å². The molecule has 186 valence electrons. The topological polar surface area (TPSA) is 155 Å². The van der Waals surface area contributed by atoms with Crippen molar-refractivity contribution in [2.24, 2.45) is 5.92 Å². The number of rotatable bonds is 10. The summed E-state index contributed by atoms with van der Waals surface area (Å²) in [6.45, 7) is 3.39. The number of aromatic amines is 1. The Hall–Kier alpha value is -4.19. The van der Waals surface area contributed by atoms with E-state index in [1.54, 1.807) is 47.4 Å². The molecular formula is C23H28N6O6. The van der Waals surface area contributed by atoms with Crippen LogP contribution in [-0.2, 0) is 20.8 Å². The number of benzene rings is 1. The van der Waals surface area contributed by atoms with E-state index in [2.05, 4.69) is 10.1 Å². The maximum absolute atomic E-state index is 13.0. The van der Waals surface area contributed by atoms with E-state index in [9.17, 15) is 19.2 Å². The fourth-order valence-electron chi connectivity index (χ4n) is 3.39. The number of anilines is 2. The first kappa shape index (κ1) is 25.4. The minimum Gasteiger partial charge on any atom is -0.452 e. The van der Waals surface area contributed by atoms with Crippen LogP contribution in [0.25, 0.3) is 5.69 Å². The highest BCUT2D eigenvalue weighted by molar-refractivity contribution is 5.98. The van der Waals surface area contributed by atoms with Gasteiger partial charge < -0.3 is 15.2 Å². The molecule has 0 spiro atoms. The molecule has 3 N–H and O–H groups in total. The SMILES string of the molecule is COCCN(C(=O)COC(=O)c1ccc(-n2cccn2)cc1)c1c(N)n(CC(C)C)c(=O)[nH]c1=O. The Morgan fingerprint density at radius 2 is 1.91 bits per heavy atom. The van der Waals surface area contributed by atoms with E-state index in [1.165, 1.54) is 11.7 Å². The van der Waals surface area contributed by atoms with E-state index in [-0.39, 0.29) is 42.7 Å².